The third-order valence-electron chi connectivity index (χ3n) is 3.28. The fourth-order valence-corrected chi connectivity index (χ4v) is 2.11. The minimum atomic E-state index is -0.512. The monoisotopic (exact) mass is 291 g/mol. The zero-order valence-corrected chi connectivity index (χ0v) is 12.9. The van der Waals surface area contributed by atoms with Crippen LogP contribution in [0.3, 0.4) is 0 Å². The lowest BCUT2D eigenvalue weighted by Gasteiger charge is -2.38. The summed E-state index contributed by atoms with van der Waals surface area (Å²) in [6.45, 7) is 6.31. The minimum absolute atomic E-state index is 0.0532. The van der Waals surface area contributed by atoms with E-state index in [1.807, 2.05) is 20.8 Å². The molecule has 1 heterocycles. The Morgan fingerprint density at radius 2 is 1.71 bits per heavy atom. The van der Waals surface area contributed by atoms with Gasteiger partial charge in [-0.2, -0.15) is 0 Å². The first kappa shape index (κ1) is 15.4. The number of likely N-dealkylation sites (tertiary alicyclic amines) is 1. The van der Waals surface area contributed by atoms with Crippen LogP contribution in [-0.4, -0.2) is 42.6 Å². The summed E-state index contributed by atoms with van der Waals surface area (Å²) in [5, 5.41) is 0. The van der Waals surface area contributed by atoms with Crippen molar-refractivity contribution in [1.29, 1.82) is 0 Å². The predicted octanol–water partition coefficient (Wildman–Crippen LogP) is 2.74. The first-order valence-electron chi connectivity index (χ1n) is 6.96. The van der Waals surface area contributed by atoms with E-state index in [1.54, 1.807) is 36.3 Å². The smallest absolute Gasteiger partial charge is 0.410 e. The molecule has 1 fully saturated rings. The van der Waals surface area contributed by atoms with Crippen molar-refractivity contribution in [2.75, 3.05) is 20.2 Å². The summed E-state index contributed by atoms with van der Waals surface area (Å²) in [5.74, 6) is 0.624. The van der Waals surface area contributed by atoms with E-state index in [2.05, 4.69) is 0 Å². The first-order valence-corrected chi connectivity index (χ1v) is 6.96. The van der Waals surface area contributed by atoms with Crippen LogP contribution in [0.1, 0.15) is 31.1 Å². The van der Waals surface area contributed by atoms with Gasteiger partial charge in [-0.3, -0.25) is 4.79 Å². The van der Waals surface area contributed by atoms with E-state index >= 15 is 0 Å². The Morgan fingerprint density at radius 3 is 2.19 bits per heavy atom. The molecule has 1 amide bonds. The molecule has 21 heavy (non-hydrogen) atoms. The molecule has 0 unspecified atom stereocenters. The Morgan fingerprint density at radius 1 is 1.14 bits per heavy atom. The van der Waals surface area contributed by atoms with Crippen molar-refractivity contribution in [3.8, 4) is 5.75 Å². The van der Waals surface area contributed by atoms with Crippen molar-refractivity contribution in [3.05, 3.63) is 29.8 Å². The van der Waals surface area contributed by atoms with Crippen LogP contribution in [-0.2, 0) is 4.74 Å². The highest BCUT2D eigenvalue weighted by Crippen LogP contribution is 2.24. The van der Waals surface area contributed by atoms with Gasteiger partial charge < -0.3 is 14.4 Å². The summed E-state index contributed by atoms with van der Waals surface area (Å²) < 4.78 is 10.3. The van der Waals surface area contributed by atoms with Crippen LogP contribution in [0.4, 0.5) is 4.79 Å². The third-order valence-corrected chi connectivity index (χ3v) is 3.28. The summed E-state index contributed by atoms with van der Waals surface area (Å²) in [4.78, 5) is 25.6. The van der Waals surface area contributed by atoms with Crippen LogP contribution in [0, 0.1) is 5.92 Å². The number of rotatable bonds is 3. The Labute approximate surface area is 124 Å². The Balaban J connectivity index is 1.88. The standard InChI is InChI=1S/C16H21NO4/c1-16(2,3)21-15(19)17-9-12(10-17)14(18)11-5-7-13(20-4)8-6-11/h5-8,12H,9-10H2,1-4H3. The maximum Gasteiger partial charge on any atom is 0.410 e. The number of Topliss-reactive ketones (excluding diaryl/α,β-unsaturated/α-hetero) is 1. The number of amides is 1. The minimum Gasteiger partial charge on any atom is -0.497 e. The second kappa shape index (κ2) is 5.76. The van der Waals surface area contributed by atoms with E-state index in [4.69, 9.17) is 9.47 Å². The fraction of sp³-hybridized carbons (Fsp3) is 0.500. The molecule has 0 aromatic heterocycles. The second-order valence-corrected chi connectivity index (χ2v) is 6.18. The molecule has 0 saturated carbocycles. The molecule has 0 atom stereocenters. The van der Waals surface area contributed by atoms with Gasteiger partial charge in [-0.1, -0.05) is 0 Å². The zero-order valence-electron chi connectivity index (χ0n) is 12.9. The van der Waals surface area contributed by atoms with Gasteiger partial charge >= 0.3 is 6.09 Å². The molecule has 1 saturated heterocycles. The van der Waals surface area contributed by atoms with Crippen molar-refractivity contribution in [3.63, 3.8) is 0 Å². The van der Waals surface area contributed by atoms with Gasteiger partial charge in [0, 0.05) is 18.7 Å². The molecule has 1 aromatic carbocycles. The molecular formula is C16H21NO4. The highest BCUT2D eigenvalue weighted by molar-refractivity contribution is 5.99. The Hall–Kier alpha value is -2.04. The van der Waals surface area contributed by atoms with Crippen LogP contribution >= 0.6 is 0 Å². The summed E-state index contributed by atoms with van der Waals surface area (Å²) in [6, 6.07) is 7.02. The molecule has 0 aliphatic carbocycles. The lowest BCUT2D eigenvalue weighted by molar-refractivity contribution is 0.00149. The van der Waals surface area contributed by atoms with Gasteiger partial charge in [-0.15, -0.1) is 0 Å². The Bertz CT molecular complexity index is 524. The van der Waals surface area contributed by atoms with Crippen molar-refractivity contribution in [2.24, 2.45) is 5.92 Å². The highest BCUT2D eigenvalue weighted by atomic mass is 16.6. The number of hydrogen-bond acceptors (Lipinski definition) is 4. The normalized spacial score (nSPS) is 15.3. The molecule has 0 spiro atoms. The number of carbonyl (C=O) groups is 2. The van der Waals surface area contributed by atoms with Gasteiger partial charge in [0.05, 0.1) is 13.0 Å². The molecule has 1 aliphatic heterocycles. The maximum absolute atomic E-state index is 12.3. The van der Waals surface area contributed by atoms with E-state index in [0.29, 0.717) is 18.7 Å². The van der Waals surface area contributed by atoms with Gasteiger partial charge in [0.25, 0.3) is 0 Å². The molecule has 5 nitrogen and oxygen atoms in total. The second-order valence-electron chi connectivity index (χ2n) is 6.18. The van der Waals surface area contributed by atoms with Crippen LogP contribution in [0.15, 0.2) is 24.3 Å². The number of ether oxygens (including phenoxy) is 2. The van der Waals surface area contributed by atoms with Crippen LogP contribution < -0.4 is 4.74 Å². The number of hydrogen-bond donors (Lipinski definition) is 0. The quantitative estimate of drug-likeness (QED) is 0.804. The average Bonchev–Trinajstić information content (AvgIpc) is 2.34. The first-order chi connectivity index (χ1) is 9.80. The van der Waals surface area contributed by atoms with Crippen molar-refractivity contribution in [2.45, 2.75) is 26.4 Å². The molecule has 1 aliphatic rings. The number of methoxy groups -OCH3 is 1. The third kappa shape index (κ3) is 3.74. The summed E-state index contributed by atoms with van der Waals surface area (Å²) >= 11 is 0. The van der Waals surface area contributed by atoms with Gasteiger partial charge in [-0.25, -0.2) is 4.79 Å². The molecule has 114 valence electrons. The van der Waals surface area contributed by atoms with Gasteiger partial charge in [-0.05, 0) is 45.0 Å². The molecule has 0 bridgehead atoms. The van der Waals surface area contributed by atoms with E-state index in [1.165, 1.54) is 0 Å². The average molecular weight is 291 g/mol. The Kier molecular flexibility index (Phi) is 4.21. The van der Waals surface area contributed by atoms with Crippen LogP contribution in [0.25, 0.3) is 0 Å². The van der Waals surface area contributed by atoms with E-state index < -0.39 is 5.60 Å². The predicted molar refractivity (Wildman–Crippen MR) is 78.6 cm³/mol. The number of ketones is 1. The zero-order chi connectivity index (χ0) is 15.6. The van der Waals surface area contributed by atoms with Crippen LogP contribution in [0.2, 0.25) is 0 Å². The van der Waals surface area contributed by atoms with E-state index in [9.17, 15) is 9.59 Å². The molecule has 0 radical (unpaired) electrons. The fourth-order valence-electron chi connectivity index (χ4n) is 2.11. The largest absolute Gasteiger partial charge is 0.497 e. The van der Waals surface area contributed by atoms with Gasteiger partial charge in [0.2, 0.25) is 0 Å². The summed E-state index contributed by atoms with van der Waals surface area (Å²) in [7, 11) is 1.58. The molecule has 2 rings (SSSR count). The van der Waals surface area contributed by atoms with Crippen molar-refractivity contribution < 1.29 is 19.1 Å². The number of carbonyl (C=O) groups excluding carboxylic acids is 2. The van der Waals surface area contributed by atoms with E-state index in [0.717, 1.165) is 5.75 Å². The van der Waals surface area contributed by atoms with Gasteiger partial charge in [0.1, 0.15) is 11.4 Å². The van der Waals surface area contributed by atoms with Gasteiger partial charge in [0.15, 0.2) is 5.78 Å². The number of benzene rings is 1. The van der Waals surface area contributed by atoms with Crippen LogP contribution in [0.5, 0.6) is 5.75 Å². The highest BCUT2D eigenvalue weighted by Gasteiger charge is 2.38. The van der Waals surface area contributed by atoms with Crippen molar-refractivity contribution in [1.82, 2.24) is 4.90 Å². The topological polar surface area (TPSA) is 55.8 Å². The van der Waals surface area contributed by atoms with Crippen molar-refractivity contribution >= 4 is 11.9 Å². The molecule has 1 aromatic rings. The summed E-state index contributed by atoms with van der Waals surface area (Å²) in [6.07, 6.45) is -0.360. The maximum atomic E-state index is 12.3. The molecule has 5 heteroatoms. The molecule has 0 N–H and O–H groups in total. The lowest BCUT2D eigenvalue weighted by atomic mass is 9.91. The lowest BCUT2D eigenvalue weighted by Crippen LogP contribution is -2.54. The number of nitrogens with zero attached hydrogens (tertiary/aromatic N) is 1. The SMILES string of the molecule is COc1ccc(C(=O)C2CN(C(=O)OC(C)(C)C)C2)cc1. The molecular weight excluding hydrogens is 270 g/mol. The summed E-state index contributed by atoms with van der Waals surface area (Å²) in [5.41, 5.74) is 0.131. The van der Waals surface area contributed by atoms with E-state index in [-0.39, 0.29) is 17.8 Å².